The zero-order valence-electron chi connectivity index (χ0n) is 9.91. The van der Waals surface area contributed by atoms with Crippen molar-refractivity contribution in [1.82, 2.24) is 21.3 Å². The lowest BCUT2D eigenvalue weighted by Gasteiger charge is -2.07. The van der Waals surface area contributed by atoms with Crippen molar-refractivity contribution in [2.75, 3.05) is 26.2 Å². The first-order chi connectivity index (χ1) is 8.45. The Morgan fingerprint density at radius 2 is 1.33 bits per heavy atom. The lowest BCUT2D eigenvalue weighted by molar-refractivity contribution is -0.137. The molecule has 9 heteroatoms. The number of hydrogen-bond donors (Lipinski definition) is 5. The molecule has 0 atom stereocenters. The summed E-state index contributed by atoms with van der Waals surface area (Å²) in [6, 6.07) is -0.688. The summed E-state index contributed by atoms with van der Waals surface area (Å²) < 4.78 is 0. The van der Waals surface area contributed by atoms with Gasteiger partial charge >= 0.3 is 12.0 Å². The van der Waals surface area contributed by atoms with E-state index in [-0.39, 0.29) is 19.0 Å². The molecule has 18 heavy (non-hydrogen) atoms. The smallest absolute Gasteiger partial charge is 0.322 e. The van der Waals surface area contributed by atoms with E-state index in [0.29, 0.717) is 6.54 Å². The van der Waals surface area contributed by atoms with Crippen LogP contribution in [0.15, 0.2) is 0 Å². The summed E-state index contributed by atoms with van der Waals surface area (Å²) in [6.45, 7) is 1.12. The number of rotatable bonds is 7. The fourth-order valence-electron chi connectivity index (χ4n) is 0.880. The average Bonchev–Trinajstić information content (AvgIpc) is 2.31. The van der Waals surface area contributed by atoms with Crippen molar-refractivity contribution in [3.8, 4) is 0 Å². The number of amides is 4. The van der Waals surface area contributed by atoms with Gasteiger partial charge in [0.2, 0.25) is 11.8 Å². The standard InChI is InChI=1S/C9H16N4O5/c1-2-10-6(14)3-12-9(18)13-4-7(15)11-5-8(16)17/h2-5H2,1H3,(H,10,14)(H,11,15)(H,16,17)(H2,12,13,18). The Morgan fingerprint density at radius 3 is 1.78 bits per heavy atom. The molecule has 102 valence electrons. The van der Waals surface area contributed by atoms with Crippen LogP contribution < -0.4 is 21.3 Å². The second kappa shape index (κ2) is 8.79. The van der Waals surface area contributed by atoms with Crippen molar-refractivity contribution in [1.29, 1.82) is 0 Å². The fraction of sp³-hybridized carbons (Fsp3) is 0.556. The van der Waals surface area contributed by atoms with Gasteiger partial charge in [0.1, 0.15) is 6.54 Å². The summed E-state index contributed by atoms with van der Waals surface area (Å²) in [5.41, 5.74) is 0. The van der Waals surface area contributed by atoms with Gasteiger partial charge < -0.3 is 26.4 Å². The number of carbonyl (C=O) groups excluding carboxylic acids is 3. The Labute approximate surface area is 103 Å². The maximum atomic E-state index is 11.1. The van der Waals surface area contributed by atoms with Gasteiger partial charge in [0.25, 0.3) is 0 Å². The molecule has 0 fully saturated rings. The number of carbonyl (C=O) groups is 4. The summed E-state index contributed by atoms with van der Waals surface area (Å²) in [5.74, 6) is -2.16. The number of nitrogens with one attached hydrogen (secondary N) is 4. The van der Waals surface area contributed by atoms with Gasteiger partial charge in [0.15, 0.2) is 0 Å². The van der Waals surface area contributed by atoms with E-state index in [1.807, 2.05) is 0 Å². The SMILES string of the molecule is CCNC(=O)CNC(=O)NCC(=O)NCC(=O)O. The highest BCUT2D eigenvalue weighted by Gasteiger charge is 2.07. The summed E-state index contributed by atoms with van der Waals surface area (Å²) in [6.07, 6.45) is 0. The van der Waals surface area contributed by atoms with Crippen LogP contribution in [-0.2, 0) is 14.4 Å². The van der Waals surface area contributed by atoms with Crippen LogP contribution in [0.3, 0.4) is 0 Å². The first-order valence-electron chi connectivity index (χ1n) is 5.22. The molecule has 0 aliphatic heterocycles. The van der Waals surface area contributed by atoms with Gasteiger partial charge in [-0.3, -0.25) is 14.4 Å². The highest BCUT2D eigenvalue weighted by Crippen LogP contribution is 1.70. The van der Waals surface area contributed by atoms with Crippen molar-refractivity contribution in [2.24, 2.45) is 0 Å². The van der Waals surface area contributed by atoms with Crippen LogP contribution in [0, 0.1) is 0 Å². The highest BCUT2D eigenvalue weighted by atomic mass is 16.4. The Hall–Kier alpha value is -2.32. The van der Waals surface area contributed by atoms with Gasteiger partial charge in [-0.15, -0.1) is 0 Å². The van der Waals surface area contributed by atoms with Crippen LogP contribution in [0.4, 0.5) is 4.79 Å². The number of carboxylic acid groups (broad SMARTS) is 1. The predicted molar refractivity (Wildman–Crippen MR) is 60.7 cm³/mol. The van der Waals surface area contributed by atoms with E-state index in [2.05, 4.69) is 21.3 Å². The van der Waals surface area contributed by atoms with Crippen molar-refractivity contribution in [2.45, 2.75) is 6.92 Å². The minimum absolute atomic E-state index is 0.198. The van der Waals surface area contributed by atoms with E-state index in [9.17, 15) is 19.2 Å². The molecular formula is C9H16N4O5. The number of aliphatic carboxylic acids is 1. The van der Waals surface area contributed by atoms with Crippen molar-refractivity contribution in [3.63, 3.8) is 0 Å². The first-order valence-corrected chi connectivity index (χ1v) is 5.22. The quantitative estimate of drug-likeness (QED) is 0.348. The molecule has 0 rings (SSSR count). The molecule has 0 aromatic rings. The van der Waals surface area contributed by atoms with E-state index in [1.165, 1.54) is 0 Å². The van der Waals surface area contributed by atoms with Crippen LogP contribution in [-0.4, -0.2) is 55.1 Å². The Bertz CT molecular complexity index is 331. The molecular weight excluding hydrogens is 244 g/mol. The van der Waals surface area contributed by atoms with Crippen molar-refractivity contribution >= 4 is 23.8 Å². The molecule has 0 saturated heterocycles. The largest absolute Gasteiger partial charge is 0.480 e. The fourth-order valence-corrected chi connectivity index (χ4v) is 0.880. The summed E-state index contributed by atoms with van der Waals surface area (Å²) in [5, 5.41) is 17.2. The summed E-state index contributed by atoms with van der Waals surface area (Å²) in [7, 11) is 0. The molecule has 0 aromatic carbocycles. The van der Waals surface area contributed by atoms with Gasteiger partial charge in [0, 0.05) is 6.54 Å². The average molecular weight is 260 g/mol. The molecule has 0 spiro atoms. The first kappa shape index (κ1) is 15.7. The van der Waals surface area contributed by atoms with Gasteiger partial charge in [-0.05, 0) is 6.92 Å². The van der Waals surface area contributed by atoms with Gasteiger partial charge in [-0.1, -0.05) is 0 Å². The summed E-state index contributed by atoms with van der Waals surface area (Å²) >= 11 is 0. The molecule has 5 N–H and O–H groups in total. The third kappa shape index (κ3) is 8.95. The van der Waals surface area contributed by atoms with Crippen LogP contribution in [0.1, 0.15) is 6.92 Å². The Kier molecular flexibility index (Phi) is 7.66. The minimum atomic E-state index is -1.18. The zero-order valence-corrected chi connectivity index (χ0v) is 9.91. The molecule has 9 nitrogen and oxygen atoms in total. The summed E-state index contributed by atoms with van der Waals surface area (Å²) in [4.78, 5) is 43.2. The molecule has 4 amide bonds. The number of carboxylic acids is 1. The number of likely N-dealkylation sites (N-methyl/N-ethyl adjacent to an activating group) is 1. The van der Waals surface area contributed by atoms with Crippen molar-refractivity contribution in [3.05, 3.63) is 0 Å². The van der Waals surface area contributed by atoms with E-state index in [4.69, 9.17) is 5.11 Å². The molecule has 0 aromatic heterocycles. The molecule has 0 bridgehead atoms. The molecule has 0 heterocycles. The zero-order chi connectivity index (χ0) is 14.0. The van der Waals surface area contributed by atoms with E-state index in [0.717, 1.165) is 0 Å². The van der Waals surface area contributed by atoms with Gasteiger partial charge in [0.05, 0.1) is 13.1 Å². The van der Waals surface area contributed by atoms with Gasteiger partial charge in [-0.2, -0.15) is 0 Å². The topological polar surface area (TPSA) is 137 Å². The van der Waals surface area contributed by atoms with E-state index < -0.39 is 24.5 Å². The normalized spacial score (nSPS) is 9.17. The number of urea groups is 1. The van der Waals surface area contributed by atoms with Crippen LogP contribution in [0.25, 0.3) is 0 Å². The van der Waals surface area contributed by atoms with Crippen LogP contribution in [0.2, 0.25) is 0 Å². The van der Waals surface area contributed by atoms with Gasteiger partial charge in [-0.25, -0.2) is 4.79 Å². The van der Waals surface area contributed by atoms with E-state index >= 15 is 0 Å². The van der Waals surface area contributed by atoms with Crippen LogP contribution in [0.5, 0.6) is 0 Å². The molecule has 0 aliphatic rings. The molecule has 0 aliphatic carbocycles. The lowest BCUT2D eigenvalue weighted by atomic mass is 10.5. The molecule has 0 radical (unpaired) electrons. The van der Waals surface area contributed by atoms with E-state index in [1.54, 1.807) is 6.92 Å². The van der Waals surface area contributed by atoms with Crippen LogP contribution >= 0.6 is 0 Å². The second-order valence-electron chi connectivity index (χ2n) is 3.16. The molecule has 0 unspecified atom stereocenters. The monoisotopic (exact) mass is 260 g/mol. The molecule has 0 saturated carbocycles. The maximum Gasteiger partial charge on any atom is 0.322 e. The minimum Gasteiger partial charge on any atom is -0.480 e. The maximum absolute atomic E-state index is 11.1. The third-order valence-electron chi connectivity index (χ3n) is 1.63. The second-order valence-corrected chi connectivity index (χ2v) is 3.16. The Balaban J connectivity index is 3.67. The van der Waals surface area contributed by atoms with Crippen molar-refractivity contribution < 1.29 is 24.3 Å². The highest BCUT2D eigenvalue weighted by molar-refractivity contribution is 5.88. The lowest BCUT2D eigenvalue weighted by Crippen LogP contribution is -2.45. The number of hydrogen-bond acceptors (Lipinski definition) is 4. The third-order valence-corrected chi connectivity index (χ3v) is 1.63. The Morgan fingerprint density at radius 1 is 0.833 bits per heavy atom. The predicted octanol–water partition coefficient (Wildman–Crippen LogP) is -2.38.